The quantitative estimate of drug-likeness (QED) is 0.717. The summed E-state index contributed by atoms with van der Waals surface area (Å²) in [5.41, 5.74) is 2.42. The SMILES string of the molecule is CC(C)[C@H](CO)Nc1nc(Nc2cccc(C#N)c2)cc(C2CC2)n1. The van der Waals surface area contributed by atoms with E-state index in [4.69, 9.17) is 5.26 Å². The Morgan fingerprint density at radius 2 is 2.08 bits per heavy atom. The Hall–Kier alpha value is -2.65. The van der Waals surface area contributed by atoms with Crippen LogP contribution >= 0.6 is 0 Å². The third kappa shape index (κ3) is 4.46. The molecule has 0 radical (unpaired) electrons. The second kappa shape index (κ2) is 7.49. The normalized spacial score (nSPS) is 14.8. The highest BCUT2D eigenvalue weighted by Gasteiger charge is 2.26. The second-order valence-corrected chi connectivity index (χ2v) is 6.77. The first-order valence-electron chi connectivity index (χ1n) is 8.62. The van der Waals surface area contributed by atoms with E-state index >= 15 is 0 Å². The lowest BCUT2D eigenvalue weighted by Crippen LogP contribution is -2.30. The topological polar surface area (TPSA) is 93.9 Å². The Bertz CT molecular complexity index is 780. The Morgan fingerprint density at radius 1 is 1.28 bits per heavy atom. The highest BCUT2D eigenvalue weighted by atomic mass is 16.3. The molecule has 3 rings (SSSR count). The van der Waals surface area contributed by atoms with Crippen molar-refractivity contribution in [1.29, 1.82) is 5.26 Å². The summed E-state index contributed by atoms with van der Waals surface area (Å²) >= 11 is 0. The van der Waals surface area contributed by atoms with Gasteiger partial charge in [-0.2, -0.15) is 10.2 Å². The predicted octanol–water partition coefficient (Wildman–Crippen LogP) is 3.40. The zero-order chi connectivity index (χ0) is 17.8. The summed E-state index contributed by atoms with van der Waals surface area (Å²) in [5, 5.41) is 25.1. The molecule has 6 nitrogen and oxygen atoms in total. The Balaban J connectivity index is 1.86. The van der Waals surface area contributed by atoms with Crippen LogP contribution in [0.25, 0.3) is 0 Å². The van der Waals surface area contributed by atoms with E-state index in [1.54, 1.807) is 12.1 Å². The first-order chi connectivity index (χ1) is 12.1. The smallest absolute Gasteiger partial charge is 0.225 e. The molecule has 1 heterocycles. The molecule has 6 heteroatoms. The lowest BCUT2D eigenvalue weighted by molar-refractivity contribution is 0.248. The van der Waals surface area contributed by atoms with Gasteiger partial charge in [0.15, 0.2) is 0 Å². The van der Waals surface area contributed by atoms with Gasteiger partial charge in [0, 0.05) is 17.7 Å². The Kier molecular flexibility index (Phi) is 5.15. The van der Waals surface area contributed by atoms with Gasteiger partial charge in [-0.05, 0) is 37.0 Å². The average Bonchev–Trinajstić information content (AvgIpc) is 3.44. The van der Waals surface area contributed by atoms with Crippen molar-refractivity contribution in [2.24, 2.45) is 5.92 Å². The predicted molar refractivity (Wildman–Crippen MR) is 97.8 cm³/mol. The minimum absolute atomic E-state index is 0.0294. The zero-order valence-corrected chi connectivity index (χ0v) is 14.5. The number of nitrogens with zero attached hydrogens (tertiary/aromatic N) is 3. The number of nitriles is 1. The molecule has 1 aromatic carbocycles. The molecule has 2 aromatic rings. The minimum atomic E-state index is -0.0933. The zero-order valence-electron chi connectivity index (χ0n) is 14.5. The van der Waals surface area contributed by atoms with Crippen LogP contribution in [0.15, 0.2) is 30.3 Å². The third-order valence-corrected chi connectivity index (χ3v) is 4.32. The molecule has 1 atom stereocenters. The number of aromatic nitrogens is 2. The molecule has 1 aliphatic rings. The van der Waals surface area contributed by atoms with E-state index in [1.165, 1.54) is 0 Å². The summed E-state index contributed by atoms with van der Waals surface area (Å²) in [6.45, 7) is 4.12. The maximum Gasteiger partial charge on any atom is 0.225 e. The van der Waals surface area contributed by atoms with Crippen LogP contribution in [0.4, 0.5) is 17.5 Å². The van der Waals surface area contributed by atoms with Gasteiger partial charge >= 0.3 is 0 Å². The van der Waals surface area contributed by atoms with E-state index in [-0.39, 0.29) is 18.6 Å². The van der Waals surface area contributed by atoms with Crippen LogP contribution in [-0.4, -0.2) is 27.7 Å². The summed E-state index contributed by atoms with van der Waals surface area (Å²) in [6, 6.07) is 11.3. The van der Waals surface area contributed by atoms with Crippen LogP contribution in [-0.2, 0) is 0 Å². The molecule has 0 saturated heterocycles. The number of nitrogens with one attached hydrogen (secondary N) is 2. The van der Waals surface area contributed by atoms with E-state index in [9.17, 15) is 5.11 Å². The largest absolute Gasteiger partial charge is 0.394 e. The van der Waals surface area contributed by atoms with Gasteiger partial charge in [0.1, 0.15) is 5.82 Å². The van der Waals surface area contributed by atoms with Crippen molar-refractivity contribution in [3.63, 3.8) is 0 Å². The van der Waals surface area contributed by atoms with Crippen molar-refractivity contribution in [2.75, 3.05) is 17.2 Å². The Labute approximate surface area is 147 Å². The van der Waals surface area contributed by atoms with Gasteiger partial charge in [-0.1, -0.05) is 19.9 Å². The maximum absolute atomic E-state index is 9.55. The fourth-order valence-electron chi connectivity index (χ4n) is 2.59. The van der Waals surface area contributed by atoms with Crippen LogP contribution in [0.5, 0.6) is 0 Å². The lowest BCUT2D eigenvalue weighted by atomic mass is 10.1. The fourth-order valence-corrected chi connectivity index (χ4v) is 2.59. The van der Waals surface area contributed by atoms with Gasteiger partial charge in [-0.25, -0.2) is 4.98 Å². The number of hydrogen-bond acceptors (Lipinski definition) is 6. The molecule has 130 valence electrons. The third-order valence-electron chi connectivity index (χ3n) is 4.32. The molecule has 0 spiro atoms. The first kappa shape index (κ1) is 17.2. The lowest BCUT2D eigenvalue weighted by Gasteiger charge is -2.20. The molecule has 0 aliphatic heterocycles. The maximum atomic E-state index is 9.55. The molecular formula is C19H23N5O. The average molecular weight is 337 g/mol. The minimum Gasteiger partial charge on any atom is -0.394 e. The molecule has 0 bridgehead atoms. The highest BCUT2D eigenvalue weighted by molar-refractivity contribution is 5.60. The molecule has 25 heavy (non-hydrogen) atoms. The van der Waals surface area contributed by atoms with Crippen LogP contribution in [0.2, 0.25) is 0 Å². The molecular weight excluding hydrogens is 314 g/mol. The van der Waals surface area contributed by atoms with Crippen molar-refractivity contribution < 1.29 is 5.11 Å². The van der Waals surface area contributed by atoms with Crippen molar-refractivity contribution in [3.05, 3.63) is 41.6 Å². The molecule has 1 aromatic heterocycles. The number of anilines is 3. The summed E-state index contributed by atoms with van der Waals surface area (Å²) in [5.74, 6) is 1.97. The van der Waals surface area contributed by atoms with Gasteiger partial charge in [0.25, 0.3) is 0 Å². The van der Waals surface area contributed by atoms with E-state index in [0.29, 0.717) is 23.2 Å². The van der Waals surface area contributed by atoms with Gasteiger partial charge in [0.2, 0.25) is 5.95 Å². The van der Waals surface area contributed by atoms with Gasteiger partial charge < -0.3 is 15.7 Å². The highest BCUT2D eigenvalue weighted by Crippen LogP contribution is 2.40. The number of hydrogen-bond donors (Lipinski definition) is 3. The number of aliphatic hydroxyl groups is 1. The van der Waals surface area contributed by atoms with Gasteiger partial charge in [-0.15, -0.1) is 0 Å². The van der Waals surface area contributed by atoms with E-state index in [2.05, 4.69) is 26.7 Å². The molecule has 0 amide bonds. The van der Waals surface area contributed by atoms with E-state index in [1.807, 2.05) is 32.0 Å². The van der Waals surface area contributed by atoms with Gasteiger partial charge in [0.05, 0.1) is 30.0 Å². The van der Waals surface area contributed by atoms with Crippen molar-refractivity contribution in [3.8, 4) is 6.07 Å². The molecule has 0 unspecified atom stereocenters. The van der Waals surface area contributed by atoms with Crippen molar-refractivity contribution >= 4 is 17.5 Å². The van der Waals surface area contributed by atoms with Gasteiger partial charge in [-0.3, -0.25) is 0 Å². The van der Waals surface area contributed by atoms with Crippen LogP contribution in [0, 0.1) is 17.2 Å². The summed E-state index contributed by atoms with van der Waals surface area (Å²) < 4.78 is 0. The number of aliphatic hydroxyl groups excluding tert-OH is 1. The number of benzene rings is 1. The molecule has 1 fully saturated rings. The van der Waals surface area contributed by atoms with Crippen LogP contribution in [0.3, 0.4) is 0 Å². The monoisotopic (exact) mass is 337 g/mol. The fraction of sp³-hybridized carbons (Fsp3) is 0.421. The van der Waals surface area contributed by atoms with E-state index in [0.717, 1.165) is 24.2 Å². The summed E-state index contributed by atoms with van der Waals surface area (Å²) in [6.07, 6.45) is 2.29. The van der Waals surface area contributed by atoms with E-state index < -0.39 is 0 Å². The molecule has 1 saturated carbocycles. The van der Waals surface area contributed by atoms with Crippen LogP contribution in [0.1, 0.15) is 43.9 Å². The van der Waals surface area contributed by atoms with Crippen LogP contribution < -0.4 is 10.6 Å². The Morgan fingerprint density at radius 3 is 2.72 bits per heavy atom. The first-order valence-corrected chi connectivity index (χ1v) is 8.62. The second-order valence-electron chi connectivity index (χ2n) is 6.77. The number of rotatable bonds is 7. The standard InChI is InChI=1S/C19H23N5O/c1-12(2)17(11-25)23-19-22-16(14-6-7-14)9-18(24-19)21-15-5-3-4-13(8-15)10-20/h3-5,8-9,12,14,17,25H,6-7,11H2,1-2H3,(H2,21,22,23,24)/t17-/m0/s1. The van der Waals surface area contributed by atoms with Crippen molar-refractivity contribution in [2.45, 2.75) is 38.6 Å². The summed E-state index contributed by atoms with van der Waals surface area (Å²) in [7, 11) is 0. The molecule has 1 aliphatic carbocycles. The van der Waals surface area contributed by atoms with Crippen molar-refractivity contribution in [1.82, 2.24) is 9.97 Å². The summed E-state index contributed by atoms with van der Waals surface area (Å²) in [4.78, 5) is 9.15. The molecule has 3 N–H and O–H groups in total.